The lowest BCUT2D eigenvalue weighted by Gasteiger charge is -2.27. The van der Waals surface area contributed by atoms with Crippen molar-refractivity contribution in [3.8, 4) is 17.2 Å². The summed E-state index contributed by atoms with van der Waals surface area (Å²) >= 11 is 6.44. The molecule has 0 saturated carbocycles. The molecule has 6 rings (SSSR count). The number of carbonyl (C=O) groups excluding carboxylic acids is 1. The van der Waals surface area contributed by atoms with Crippen molar-refractivity contribution in [2.24, 2.45) is 5.92 Å². The predicted molar refractivity (Wildman–Crippen MR) is 156 cm³/mol. The molecular formula is C31H37ClN4O4. The normalized spacial score (nSPS) is 22.7. The third kappa shape index (κ3) is 6.50. The Labute approximate surface area is 240 Å². The largest absolute Gasteiger partial charge is 0.486 e. The number of rotatable bonds is 9. The van der Waals surface area contributed by atoms with Crippen molar-refractivity contribution < 1.29 is 19.0 Å². The number of nitrogens with one attached hydrogen (secondary N) is 2. The average molecular weight is 565 g/mol. The van der Waals surface area contributed by atoms with Crippen LogP contribution in [0.15, 0.2) is 60.8 Å². The number of dihydropyridines is 1. The molecular weight excluding hydrogens is 528 g/mol. The highest BCUT2D eigenvalue weighted by Crippen LogP contribution is 2.34. The van der Waals surface area contributed by atoms with Crippen molar-refractivity contribution in [3.63, 3.8) is 0 Å². The molecule has 2 aromatic carbocycles. The van der Waals surface area contributed by atoms with Crippen LogP contribution in [0.3, 0.4) is 0 Å². The molecule has 1 amide bonds. The van der Waals surface area contributed by atoms with E-state index in [1.807, 2.05) is 48.7 Å². The van der Waals surface area contributed by atoms with Crippen LogP contribution in [-0.4, -0.2) is 69.0 Å². The standard InChI is InChI=1S/C31H37ClN4O4/c32-26-8-7-25(19-28(26)40-30-5-1-2-11-33-30)36-14-10-23(20-36)31(37)34-24(21-35-12-3-4-13-35)17-22-6-9-27-29(18-22)39-16-15-38-27/h1-2,5-9,11,18-19,23-24,30,33H,3-4,10,12-17,20-21H2,(H,34,37)/t23-,24?,30?/m1/s1. The van der Waals surface area contributed by atoms with E-state index < -0.39 is 0 Å². The van der Waals surface area contributed by atoms with Gasteiger partial charge in [-0.1, -0.05) is 23.7 Å². The Kier molecular flexibility index (Phi) is 8.35. The maximum Gasteiger partial charge on any atom is 0.225 e. The van der Waals surface area contributed by atoms with Crippen LogP contribution >= 0.6 is 11.6 Å². The monoisotopic (exact) mass is 564 g/mol. The zero-order chi connectivity index (χ0) is 27.3. The van der Waals surface area contributed by atoms with Gasteiger partial charge < -0.3 is 34.6 Å². The smallest absolute Gasteiger partial charge is 0.225 e. The van der Waals surface area contributed by atoms with E-state index >= 15 is 0 Å². The summed E-state index contributed by atoms with van der Waals surface area (Å²) in [6.07, 6.45) is 11.4. The maximum atomic E-state index is 13.5. The van der Waals surface area contributed by atoms with Crippen LogP contribution in [0, 0.1) is 5.92 Å². The molecule has 0 radical (unpaired) electrons. The van der Waals surface area contributed by atoms with Gasteiger partial charge in [-0.3, -0.25) is 4.79 Å². The molecule has 4 heterocycles. The van der Waals surface area contributed by atoms with Crippen molar-refractivity contribution in [2.45, 2.75) is 38.0 Å². The summed E-state index contributed by atoms with van der Waals surface area (Å²) < 4.78 is 17.5. The molecule has 3 atom stereocenters. The molecule has 0 aliphatic carbocycles. The zero-order valence-corrected chi connectivity index (χ0v) is 23.4. The number of allylic oxidation sites excluding steroid dienone is 2. The van der Waals surface area contributed by atoms with E-state index in [2.05, 4.69) is 32.6 Å². The summed E-state index contributed by atoms with van der Waals surface area (Å²) in [7, 11) is 0. The lowest BCUT2D eigenvalue weighted by atomic mass is 10.0. The highest BCUT2D eigenvalue weighted by molar-refractivity contribution is 6.32. The summed E-state index contributed by atoms with van der Waals surface area (Å²) in [5.41, 5.74) is 2.16. The number of hydrogen-bond acceptors (Lipinski definition) is 7. The molecule has 9 heteroatoms. The second-order valence-corrected chi connectivity index (χ2v) is 11.3. The van der Waals surface area contributed by atoms with Crippen LogP contribution in [0.1, 0.15) is 24.8 Å². The van der Waals surface area contributed by atoms with Crippen molar-refractivity contribution in [1.82, 2.24) is 15.5 Å². The topological polar surface area (TPSA) is 75.3 Å². The van der Waals surface area contributed by atoms with Crippen LogP contribution in [0.5, 0.6) is 17.2 Å². The number of ether oxygens (including phenoxy) is 3. The number of anilines is 1. The van der Waals surface area contributed by atoms with Gasteiger partial charge in [0.2, 0.25) is 5.91 Å². The average Bonchev–Trinajstić information content (AvgIpc) is 3.68. The van der Waals surface area contributed by atoms with Gasteiger partial charge in [0.05, 0.1) is 10.9 Å². The highest BCUT2D eigenvalue weighted by Gasteiger charge is 2.31. The molecule has 2 N–H and O–H groups in total. The summed E-state index contributed by atoms with van der Waals surface area (Å²) in [6, 6.07) is 12.0. The van der Waals surface area contributed by atoms with Crippen LogP contribution in [0.25, 0.3) is 0 Å². The molecule has 40 heavy (non-hydrogen) atoms. The fraction of sp³-hybridized carbons (Fsp3) is 0.452. The first kappa shape index (κ1) is 26.8. The van der Waals surface area contributed by atoms with Crippen LogP contribution < -0.4 is 29.7 Å². The van der Waals surface area contributed by atoms with Gasteiger partial charge in [-0.15, -0.1) is 0 Å². The Bertz CT molecular complexity index is 1260. The minimum Gasteiger partial charge on any atom is -0.486 e. The molecule has 0 bridgehead atoms. The van der Waals surface area contributed by atoms with Gasteiger partial charge >= 0.3 is 0 Å². The zero-order valence-electron chi connectivity index (χ0n) is 22.7. The Balaban J connectivity index is 1.09. The van der Waals surface area contributed by atoms with Crippen LogP contribution in [0.4, 0.5) is 5.69 Å². The lowest BCUT2D eigenvalue weighted by Crippen LogP contribution is -2.46. The first-order valence-corrected chi connectivity index (χ1v) is 14.7. The van der Waals surface area contributed by atoms with Crippen molar-refractivity contribution in [2.75, 3.05) is 50.8 Å². The Hall–Kier alpha value is -3.36. The van der Waals surface area contributed by atoms with E-state index in [4.69, 9.17) is 25.8 Å². The van der Waals surface area contributed by atoms with E-state index in [-0.39, 0.29) is 24.1 Å². The third-order valence-electron chi connectivity index (χ3n) is 7.96. The van der Waals surface area contributed by atoms with Gasteiger partial charge in [-0.05, 0) is 87.0 Å². The molecule has 2 saturated heterocycles. The number of carbonyl (C=O) groups is 1. The van der Waals surface area contributed by atoms with Crippen molar-refractivity contribution in [1.29, 1.82) is 0 Å². The van der Waals surface area contributed by atoms with E-state index in [0.29, 0.717) is 30.5 Å². The van der Waals surface area contributed by atoms with E-state index in [0.717, 1.165) is 61.8 Å². The molecule has 4 aliphatic rings. The van der Waals surface area contributed by atoms with Gasteiger partial charge in [-0.2, -0.15) is 0 Å². The minimum absolute atomic E-state index is 0.0304. The highest BCUT2D eigenvalue weighted by atomic mass is 35.5. The maximum absolute atomic E-state index is 13.5. The molecule has 8 nitrogen and oxygen atoms in total. The number of likely N-dealkylation sites (tertiary alicyclic amines) is 1. The summed E-state index contributed by atoms with van der Waals surface area (Å²) in [4.78, 5) is 18.3. The SMILES string of the molecule is O=C(NC(Cc1ccc2c(c1)OCCO2)CN1CCCC1)[C@@H]1CCN(c2ccc(Cl)c(OC3C=CC=CN3)c2)C1. The number of amides is 1. The number of hydrogen-bond donors (Lipinski definition) is 2. The summed E-state index contributed by atoms with van der Waals surface area (Å²) in [6.45, 7) is 5.65. The van der Waals surface area contributed by atoms with Gasteiger partial charge in [-0.25, -0.2) is 0 Å². The van der Waals surface area contributed by atoms with Gasteiger partial charge in [0.15, 0.2) is 17.7 Å². The fourth-order valence-electron chi connectivity index (χ4n) is 5.88. The number of benzene rings is 2. The number of halogens is 1. The molecule has 2 fully saturated rings. The molecule has 2 unspecified atom stereocenters. The van der Waals surface area contributed by atoms with Gasteiger partial charge in [0, 0.05) is 37.4 Å². The Morgan fingerprint density at radius 1 is 1.07 bits per heavy atom. The predicted octanol–water partition coefficient (Wildman–Crippen LogP) is 4.14. The number of fused-ring (bicyclic) bond motifs is 1. The van der Waals surface area contributed by atoms with E-state index in [9.17, 15) is 4.79 Å². The first-order chi connectivity index (χ1) is 19.6. The first-order valence-electron chi connectivity index (χ1n) is 14.3. The van der Waals surface area contributed by atoms with E-state index in [1.165, 1.54) is 12.8 Å². The molecule has 0 spiro atoms. The van der Waals surface area contributed by atoms with Crippen molar-refractivity contribution in [3.05, 3.63) is 71.4 Å². The molecule has 4 aliphatic heterocycles. The van der Waals surface area contributed by atoms with Gasteiger partial charge in [0.25, 0.3) is 0 Å². The molecule has 212 valence electrons. The second kappa shape index (κ2) is 12.4. The van der Waals surface area contributed by atoms with Crippen molar-refractivity contribution >= 4 is 23.2 Å². The van der Waals surface area contributed by atoms with E-state index in [1.54, 1.807) is 0 Å². The minimum atomic E-state index is -0.267. The summed E-state index contributed by atoms with van der Waals surface area (Å²) in [5, 5.41) is 7.13. The Morgan fingerprint density at radius 2 is 1.93 bits per heavy atom. The Morgan fingerprint density at radius 3 is 2.75 bits per heavy atom. The molecule has 2 aromatic rings. The molecule has 0 aromatic heterocycles. The lowest BCUT2D eigenvalue weighted by molar-refractivity contribution is -0.125. The number of nitrogens with zero attached hydrogens (tertiary/aromatic N) is 2. The summed E-state index contributed by atoms with van der Waals surface area (Å²) in [5.74, 6) is 2.25. The fourth-order valence-corrected chi connectivity index (χ4v) is 6.04. The second-order valence-electron chi connectivity index (χ2n) is 10.9. The van der Waals surface area contributed by atoms with Gasteiger partial charge in [0.1, 0.15) is 19.0 Å². The van der Waals surface area contributed by atoms with Crippen LogP contribution in [-0.2, 0) is 11.2 Å². The van der Waals surface area contributed by atoms with Crippen LogP contribution in [0.2, 0.25) is 5.02 Å². The third-order valence-corrected chi connectivity index (χ3v) is 8.27. The quantitative estimate of drug-likeness (QED) is 0.474.